The van der Waals surface area contributed by atoms with Crippen molar-refractivity contribution in [2.45, 2.75) is 110 Å². The molecule has 6 atom stereocenters. The fraction of sp³-hybridized carbons (Fsp3) is 0.632. The number of amides is 1. The Morgan fingerprint density at radius 2 is 1.72 bits per heavy atom. The molecule has 0 aromatic carbocycles. The van der Waals surface area contributed by atoms with Gasteiger partial charge in [-0.25, -0.2) is 4.79 Å². The minimum Gasteiger partial charge on any atom is -0.442 e. The zero-order valence-electron chi connectivity index (χ0n) is 28.5. The number of aliphatic hydroxyl groups excluding tert-OH is 1. The van der Waals surface area contributed by atoms with Gasteiger partial charge < -0.3 is 24.3 Å². The molecule has 3 rings (SSSR count). The Kier molecular flexibility index (Phi) is 16.4. The molecular weight excluding hydrogens is 578 g/mol. The number of pyridine rings is 1. The van der Waals surface area contributed by atoms with Gasteiger partial charge in [0, 0.05) is 62.4 Å². The maximum atomic E-state index is 13.4. The summed E-state index contributed by atoms with van der Waals surface area (Å²) >= 11 is 0. The number of piperazine rings is 1. The minimum absolute atomic E-state index is 0.0803. The highest BCUT2D eigenvalue weighted by Crippen LogP contribution is 2.26. The SMILES string of the molecule is C/C(=C\C=C\[C@H](C)c1ccccn1)[C@@H](C=O)[C@@H](C)/C=C/[C@H](OC(=O)N1CCN(C2CCCCCC2)CC1)[C@H](C)CC[C@H](O)CC=O. The van der Waals surface area contributed by atoms with Gasteiger partial charge in [0.25, 0.3) is 0 Å². The Balaban J connectivity index is 1.64. The largest absolute Gasteiger partial charge is 0.442 e. The van der Waals surface area contributed by atoms with Crippen LogP contribution in [0.15, 0.2) is 60.3 Å². The van der Waals surface area contributed by atoms with E-state index in [-0.39, 0.29) is 36.2 Å². The molecule has 1 saturated carbocycles. The maximum absolute atomic E-state index is 13.4. The highest BCUT2D eigenvalue weighted by molar-refractivity contribution is 5.68. The third-order valence-corrected chi connectivity index (χ3v) is 9.79. The van der Waals surface area contributed by atoms with Gasteiger partial charge in [0.15, 0.2) is 0 Å². The van der Waals surface area contributed by atoms with E-state index in [9.17, 15) is 19.5 Å². The molecule has 1 N–H and O–H groups in total. The fourth-order valence-corrected chi connectivity index (χ4v) is 6.56. The molecule has 0 radical (unpaired) electrons. The zero-order valence-corrected chi connectivity index (χ0v) is 28.5. The Labute approximate surface area is 277 Å². The molecule has 2 fully saturated rings. The molecule has 0 spiro atoms. The van der Waals surface area contributed by atoms with Gasteiger partial charge in [0.1, 0.15) is 18.7 Å². The summed E-state index contributed by atoms with van der Waals surface area (Å²) in [5.41, 5.74) is 1.93. The summed E-state index contributed by atoms with van der Waals surface area (Å²) in [5.74, 6) is -0.376. The van der Waals surface area contributed by atoms with E-state index in [4.69, 9.17) is 4.74 Å². The lowest BCUT2D eigenvalue weighted by Gasteiger charge is -2.39. The smallest absolute Gasteiger partial charge is 0.410 e. The molecule has 1 aromatic rings. The summed E-state index contributed by atoms with van der Waals surface area (Å²) in [6, 6.07) is 6.50. The van der Waals surface area contributed by atoms with E-state index in [0.29, 0.717) is 32.0 Å². The van der Waals surface area contributed by atoms with Crippen LogP contribution in [-0.4, -0.2) is 83.0 Å². The maximum Gasteiger partial charge on any atom is 0.410 e. The molecule has 1 aromatic heterocycles. The average molecular weight is 636 g/mol. The molecule has 46 heavy (non-hydrogen) atoms. The molecule has 1 saturated heterocycles. The van der Waals surface area contributed by atoms with Crippen molar-refractivity contribution < 1.29 is 24.2 Å². The van der Waals surface area contributed by atoms with Crippen LogP contribution < -0.4 is 0 Å². The number of rotatable bonds is 16. The molecule has 1 amide bonds. The van der Waals surface area contributed by atoms with E-state index in [2.05, 4.69) is 22.9 Å². The molecule has 8 heteroatoms. The van der Waals surface area contributed by atoms with Crippen LogP contribution in [-0.2, 0) is 14.3 Å². The number of aldehydes is 2. The van der Waals surface area contributed by atoms with Crippen LogP contribution in [0.1, 0.15) is 97.1 Å². The van der Waals surface area contributed by atoms with Crippen LogP contribution in [0.4, 0.5) is 4.79 Å². The standard InChI is InChI=1S/C38H57N3O5/c1-29(12-11-13-31(3)36-16-9-10-22-39-36)35(28-43)30(2)18-20-37(32(4)17-19-34(44)21-27-42)46-38(45)41-25-23-40(24-26-41)33-14-7-5-6-8-15-33/h9-13,16,18,20,22,27-28,30-35,37,44H,5-8,14-15,17,19,21,23-26H2,1-4H3/b13-11+,20-18+,29-12+/t30-,31-,32+,34-,35+,37-/m0/s1. The van der Waals surface area contributed by atoms with Crippen molar-refractivity contribution in [2.24, 2.45) is 17.8 Å². The topological polar surface area (TPSA) is 100 Å². The predicted octanol–water partition coefficient (Wildman–Crippen LogP) is 6.91. The van der Waals surface area contributed by atoms with Crippen molar-refractivity contribution in [1.29, 1.82) is 0 Å². The fourth-order valence-electron chi connectivity index (χ4n) is 6.56. The van der Waals surface area contributed by atoms with Crippen molar-refractivity contribution in [3.05, 3.63) is 66.0 Å². The van der Waals surface area contributed by atoms with Crippen molar-refractivity contribution in [3.63, 3.8) is 0 Å². The average Bonchev–Trinajstić information content (AvgIpc) is 3.36. The Morgan fingerprint density at radius 1 is 1.00 bits per heavy atom. The van der Waals surface area contributed by atoms with Crippen molar-refractivity contribution in [1.82, 2.24) is 14.8 Å². The van der Waals surface area contributed by atoms with Crippen molar-refractivity contribution in [2.75, 3.05) is 26.2 Å². The molecule has 0 bridgehead atoms. The zero-order chi connectivity index (χ0) is 33.3. The first kappa shape index (κ1) is 37.4. The third kappa shape index (κ3) is 12.3. The number of aliphatic hydroxyl groups is 1. The number of hydrogen-bond acceptors (Lipinski definition) is 7. The first-order valence-corrected chi connectivity index (χ1v) is 17.4. The third-order valence-electron chi connectivity index (χ3n) is 9.79. The number of aromatic nitrogens is 1. The van der Waals surface area contributed by atoms with E-state index < -0.39 is 12.2 Å². The quantitative estimate of drug-likeness (QED) is 0.0912. The first-order valence-electron chi connectivity index (χ1n) is 17.4. The molecule has 1 aliphatic carbocycles. The Morgan fingerprint density at radius 3 is 2.35 bits per heavy atom. The van der Waals surface area contributed by atoms with Crippen LogP contribution in [0, 0.1) is 17.8 Å². The summed E-state index contributed by atoms with van der Waals surface area (Å²) < 4.78 is 6.11. The van der Waals surface area contributed by atoms with Crippen molar-refractivity contribution in [3.8, 4) is 0 Å². The number of allylic oxidation sites excluding steroid dienone is 5. The number of hydrogen-bond donors (Lipinski definition) is 1. The molecule has 254 valence electrons. The predicted molar refractivity (Wildman–Crippen MR) is 183 cm³/mol. The van der Waals surface area contributed by atoms with Gasteiger partial charge in [-0.1, -0.05) is 82.4 Å². The minimum atomic E-state index is -0.711. The molecule has 8 nitrogen and oxygen atoms in total. The van der Waals surface area contributed by atoms with Crippen molar-refractivity contribution >= 4 is 18.7 Å². The van der Waals surface area contributed by atoms with Gasteiger partial charge in [-0.3, -0.25) is 9.88 Å². The Bertz CT molecular complexity index is 1140. The second kappa shape index (κ2) is 20.2. The summed E-state index contributed by atoms with van der Waals surface area (Å²) in [6.07, 6.45) is 20.7. The second-order valence-corrected chi connectivity index (χ2v) is 13.4. The Hall–Kier alpha value is -3.10. The number of carbonyl (C=O) groups is 3. The second-order valence-electron chi connectivity index (χ2n) is 13.4. The highest BCUT2D eigenvalue weighted by Gasteiger charge is 2.29. The van der Waals surface area contributed by atoms with Crippen LogP contribution in [0.25, 0.3) is 0 Å². The van der Waals surface area contributed by atoms with Crippen LogP contribution in [0.5, 0.6) is 0 Å². The highest BCUT2D eigenvalue weighted by atomic mass is 16.6. The molecule has 2 aliphatic rings. The van der Waals surface area contributed by atoms with Crippen LogP contribution >= 0.6 is 0 Å². The number of ether oxygens (including phenoxy) is 1. The first-order chi connectivity index (χ1) is 22.2. The van der Waals surface area contributed by atoms with Gasteiger partial charge in [-0.15, -0.1) is 0 Å². The van der Waals surface area contributed by atoms with Crippen LogP contribution in [0.3, 0.4) is 0 Å². The lowest BCUT2D eigenvalue weighted by Crippen LogP contribution is -2.52. The van der Waals surface area contributed by atoms with E-state index in [1.807, 2.05) is 68.2 Å². The lowest BCUT2D eigenvalue weighted by atomic mass is 9.87. The summed E-state index contributed by atoms with van der Waals surface area (Å²) in [7, 11) is 0. The van der Waals surface area contributed by atoms with E-state index in [0.717, 1.165) is 36.9 Å². The van der Waals surface area contributed by atoms with E-state index in [1.54, 1.807) is 6.20 Å². The number of nitrogens with zero attached hydrogens (tertiary/aromatic N) is 3. The normalized spacial score (nSPS) is 21.3. The number of carbonyl (C=O) groups excluding carboxylic acids is 3. The van der Waals surface area contributed by atoms with Gasteiger partial charge in [0.05, 0.1) is 6.10 Å². The molecular formula is C38H57N3O5. The molecule has 1 aliphatic heterocycles. The van der Waals surface area contributed by atoms with Gasteiger partial charge in [-0.2, -0.15) is 0 Å². The molecule has 2 heterocycles. The van der Waals surface area contributed by atoms with Gasteiger partial charge in [0.2, 0.25) is 0 Å². The lowest BCUT2D eigenvalue weighted by molar-refractivity contribution is -0.111. The van der Waals surface area contributed by atoms with E-state index >= 15 is 0 Å². The summed E-state index contributed by atoms with van der Waals surface area (Å²) in [4.78, 5) is 45.2. The van der Waals surface area contributed by atoms with Crippen LogP contribution in [0.2, 0.25) is 0 Å². The van der Waals surface area contributed by atoms with Gasteiger partial charge in [-0.05, 0) is 62.7 Å². The van der Waals surface area contributed by atoms with Gasteiger partial charge >= 0.3 is 6.09 Å². The monoisotopic (exact) mass is 635 g/mol. The molecule has 0 unspecified atom stereocenters. The summed E-state index contributed by atoms with van der Waals surface area (Å²) in [5, 5.41) is 10.1. The summed E-state index contributed by atoms with van der Waals surface area (Å²) in [6.45, 7) is 11.1. The van der Waals surface area contributed by atoms with E-state index in [1.165, 1.54) is 38.5 Å².